The molecule has 0 aliphatic carbocycles. The summed E-state index contributed by atoms with van der Waals surface area (Å²) in [6, 6.07) is 5.84. The van der Waals surface area contributed by atoms with E-state index in [-0.39, 0.29) is 36.3 Å². The second kappa shape index (κ2) is 10.0. The Balaban J connectivity index is 1.92. The molecule has 0 aromatic heterocycles. The molecule has 0 radical (unpaired) electrons. The van der Waals surface area contributed by atoms with Crippen molar-refractivity contribution in [3.8, 4) is 5.75 Å². The standard InChI is InChI=1S/C20H16F7NO8S/c1-33-7-8-34-9-10-35-14-6-5-13-15-11(14)3-2-4-12(15)16(29)28(17(13)30)36-37(31,32)20(26,27)18(21,22)19(23,24)25/h2-6H,7-10H2,1H3. The molecule has 0 saturated carbocycles. The summed E-state index contributed by atoms with van der Waals surface area (Å²) in [5.74, 6) is -10.4. The van der Waals surface area contributed by atoms with Gasteiger partial charge in [-0.3, -0.25) is 9.59 Å². The van der Waals surface area contributed by atoms with Gasteiger partial charge in [-0.2, -0.15) is 39.2 Å². The lowest BCUT2D eigenvalue weighted by Gasteiger charge is -2.30. The summed E-state index contributed by atoms with van der Waals surface area (Å²) in [5.41, 5.74) is -1.01. The number of imide groups is 1. The Morgan fingerprint density at radius 2 is 1.43 bits per heavy atom. The molecule has 17 heteroatoms. The smallest absolute Gasteiger partial charge is 0.461 e. The number of carbonyl (C=O) groups is 2. The number of ether oxygens (including phenoxy) is 3. The molecule has 204 valence electrons. The molecule has 1 aliphatic heterocycles. The van der Waals surface area contributed by atoms with Gasteiger partial charge in [0.15, 0.2) is 0 Å². The Bertz CT molecular complexity index is 1290. The lowest BCUT2D eigenvalue weighted by atomic mass is 9.94. The quantitative estimate of drug-likeness (QED) is 0.232. The van der Waals surface area contributed by atoms with E-state index in [1.165, 1.54) is 25.3 Å². The van der Waals surface area contributed by atoms with Gasteiger partial charge in [0.2, 0.25) is 0 Å². The Labute approximate surface area is 203 Å². The topological polar surface area (TPSA) is 108 Å². The Morgan fingerprint density at radius 3 is 2.03 bits per heavy atom. The highest BCUT2D eigenvalue weighted by Gasteiger charge is 2.80. The normalized spacial score (nSPS) is 15.0. The van der Waals surface area contributed by atoms with Crippen LogP contribution in [0.4, 0.5) is 30.7 Å². The average molecular weight is 563 g/mol. The first-order chi connectivity index (χ1) is 17.1. The van der Waals surface area contributed by atoms with E-state index in [1.807, 2.05) is 0 Å². The first-order valence-electron chi connectivity index (χ1n) is 9.99. The van der Waals surface area contributed by atoms with Crippen LogP contribution in [0.5, 0.6) is 5.75 Å². The van der Waals surface area contributed by atoms with Crippen molar-refractivity contribution < 1.29 is 67.2 Å². The van der Waals surface area contributed by atoms with Crippen LogP contribution in [0.25, 0.3) is 10.8 Å². The number of methoxy groups -OCH3 is 1. The summed E-state index contributed by atoms with van der Waals surface area (Å²) in [6.45, 7) is 0.749. The number of hydroxylamine groups is 2. The molecule has 0 saturated heterocycles. The minimum atomic E-state index is -7.23. The highest BCUT2D eigenvalue weighted by molar-refractivity contribution is 7.87. The SMILES string of the molecule is COCCOCCOc1ccc2c3c(cccc13)C(=O)N(OS(=O)(=O)C(F)(F)C(F)(F)C(F)(F)F)C2=O. The molecule has 0 bridgehead atoms. The molecule has 0 spiro atoms. The zero-order chi connectivity index (χ0) is 27.8. The van der Waals surface area contributed by atoms with Crippen molar-refractivity contribution in [1.29, 1.82) is 0 Å². The molecule has 0 atom stereocenters. The van der Waals surface area contributed by atoms with Gasteiger partial charge in [-0.15, -0.1) is 9.35 Å². The number of carbonyl (C=O) groups excluding carboxylic acids is 2. The molecule has 2 amide bonds. The zero-order valence-corrected chi connectivity index (χ0v) is 19.3. The Hall–Kier alpha value is -3.02. The van der Waals surface area contributed by atoms with Crippen molar-refractivity contribution in [3.05, 3.63) is 41.5 Å². The third-order valence-corrected chi connectivity index (χ3v) is 6.19. The van der Waals surface area contributed by atoms with Gasteiger partial charge in [-0.1, -0.05) is 12.1 Å². The van der Waals surface area contributed by atoms with Gasteiger partial charge < -0.3 is 14.2 Å². The van der Waals surface area contributed by atoms with Crippen molar-refractivity contribution in [2.45, 2.75) is 17.4 Å². The van der Waals surface area contributed by atoms with Crippen molar-refractivity contribution >= 4 is 32.7 Å². The van der Waals surface area contributed by atoms with Gasteiger partial charge >= 0.3 is 27.5 Å². The molecular formula is C20H16F7NO8S. The van der Waals surface area contributed by atoms with Crippen LogP contribution in [0, 0.1) is 0 Å². The maximum Gasteiger partial charge on any atom is 0.461 e. The van der Waals surface area contributed by atoms with Gasteiger partial charge in [0, 0.05) is 17.9 Å². The Kier molecular flexibility index (Phi) is 7.74. The van der Waals surface area contributed by atoms with E-state index < -0.39 is 55.5 Å². The first kappa shape index (κ1) is 28.5. The van der Waals surface area contributed by atoms with E-state index in [0.717, 1.165) is 12.1 Å². The number of hydrogen-bond donors (Lipinski definition) is 0. The maximum absolute atomic E-state index is 13.8. The number of rotatable bonds is 11. The van der Waals surface area contributed by atoms with Gasteiger partial charge in [-0.05, 0) is 18.2 Å². The van der Waals surface area contributed by atoms with Crippen LogP contribution in [0.15, 0.2) is 30.3 Å². The molecule has 2 aromatic carbocycles. The predicted octanol–water partition coefficient (Wildman–Crippen LogP) is 3.53. The van der Waals surface area contributed by atoms with E-state index in [2.05, 4.69) is 4.28 Å². The molecule has 1 aliphatic rings. The number of alkyl halides is 7. The lowest BCUT2D eigenvalue weighted by Crippen LogP contribution is -2.58. The fraction of sp³-hybridized carbons (Fsp3) is 0.400. The molecule has 1 heterocycles. The monoisotopic (exact) mass is 563 g/mol. The number of halogens is 7. The molecule has 9 nitrogen and oxygen atoms in total. The molecule has 37 heavy (non-hydrogen) atoms. The van der Waals surface area contributed by atoms with Crippen LogP contribution in [0.3, 0.4) is 0 Å². The molecule has 0 fully saturated rings. The predicted molar refractivity (Wildman–Crippen MR) is 109 cm³/mol. The van der Waals surface area contributed by atoms with Crippen LogP contribution < -0.4 is 4.74 Å². The lowest BCUT2D eigenvalue weighted by molar-refractivity contribution is -0.334. The van der Waals surface area contributed by atoms with E-state index in [4.69, 9.17) is 14.2 Å². The summed E-state index contributed by atoms with van der Waals surface area (Å²) >= 11 is 0. The van der Waals surface area contributed by atoms with E-state index in [0.29, 0.717) is 6.61 Å². The van der Waals surface area contributed by atoms with E-state index in [9.17, 15) is 48.7 Å². The van der Waals surface area contributed by atoms with Crippen LogP contribution in [0.1, 0.15) is 20.7 Å². The number of amides is 2. The number of nitrogens with zero attached hydrogens (tertiary/aromatic N) is 1. The molecule has 2 aromatic rings. The van der Waals surface area contributed by atoms with Gasteiger partial charge in [0.05, 0.1) is 30.9 Å². The first-order valence-corrected chi connectivity index (χ1v) is 11.4. The number of hydrogen-bond acceptors (Lipinski definition) is 8. The highest BCUT2D eigenvalue weighted by atomic mass is 32.2. The van der Waals surface area contributed by atoms with E-state index in [1.54, 1.807) is 0 Å². The fourth-order valence-corrected chi connectivity index (χ4v) is 4.02. The minimum absolute atomic E-state index is 0.0141. The summed E-state index contributed by atoms with van der Waals surface area (Å²) < 4.78 is 134. The third kappa shape index (κ3) is 4.95. The van der Waals surface area contributed by atoms with Crippen LogP contribution >= 0.6 is 0 Å². The third-order valence-electron chi connectivity index (χ3n) is 4.96. The van der Waals surface area contributed by atoms with Crippen LogP contribution in [-0.2, 0) is 23.9 Å². The molecule has 0 unspecified atom stereocenters. The van der Waals surface area contributed by atoms with Gasteiger partial charge in [0.25, 0.3) is 11.8 Å². The fourth-order valence-electron chi connectivity index (χ4n) is 3.16. The largest absolute Gasteiger partial charge is 0.491 e. The molecule has 3 rings (SSSR count). The minimum Gasteiger partial charge on any atom is -0.491 e. The second-order valence-corrected chi connectivity index (χ2v) is 8.89. The van der Waals surface area contributed by atoms with Crippen molar-refractivity contribution in [2.75, 3.05) is 33.5 Å². The molecule has 0 N–H and O–H groups in total. The molecular weight excluding hydrogens is 547 g/mol. The van der Waals surface area contributed by atoms with Gasteiger partial charge in [-0.25, -0.2) is 0 Å². The number of benzene rings is 2. The Morgan fingerprint density at radius 1 is 0.838 bits per heavy atom. The van der Waals surface area contributed by atoms with Crippen LogP contribution in [-0.4, -0.2) is 76.2 Å². The van der Waals surface area contributed by atoms with E-state index >= 15 is 0 Å². The highest BCUT2D eigenvalue weighted by Crippen LogP contribution is 2.50. The summed E-state index contributed by atoms with van der Waals surface area (Å²) in [6.07, 6.45) is -7.01. The van der Waals surface area contributed by atoms with Crippen molar-refractivity contribution in [3.63, 3.8) is 0 Å². The second-order valence-electron chi connectivity index (χ2n) is 7.32. The average Bonchev–Trinajstić information content (AvgIpc) is 2.81. The van der Waals surface area contributed by atoms with Gasteiger partial charge in [0.1, 0.15) is 12.4 Å². The zero-order valence-electron chi connectivity index (χ0n) is 18.5. The van der Waals surface area contributed by atoms with Crippen molar-refractivity contribution in [2.24, 2.45) is 0 Å². The maximum atomic E-state index is 13.8. The van der Waals surface area contributed by atoms with Crippen molar-refractivity contribution in [1.82, 2.24) is 5.06 Å². The van der Waals surface area contributed by atoms with Crippen LogP contribution in [0.2, 0.25) is 0 Å². The summed E-state index contributed by atoms with van der Waals surface area (Å²) in [4.78, 5) is 25.5. The summed E-state index contributed by atoms with van der Waals surface area (Å²) in [5, 5.41) is -7.70. The summed E-state index contributed by atoms with van der Waals surface area (Å²) in [7, 11) is -5.76.